The fourth-order valence-electron chi connectivity index (χ4n) is 4.93. The molecule has 180 valence electrons. The first-order valence-corrected chi connectivity index (χ1v) is 12.2. The molecule has 1 fully saturated rings. The maximum absolute atomic E-state index is 14.4. The number of benzene rings is 2. The van der Waals surface area contributed by atoms with E-state index in [1.165, 1.54) is 12.5 Å². The number of hydrogen-bond donors (Lipinski definition) is 0. The average molecular weight is 473 g/mol. The van der Waals surface area contributed by atoms with Crippen LogP contribution in [-0.4, -0.2) is 35.0 Å². The standard InChI is InChI=1S/C29H29FN2O3/c30-22-12-7-17-27-28(22)23(31-35-27)13-8-14-24(32-18-5-2-6-19-32)29-25(33)15-9-16-26(29)34-20-21-10-3-1-4-11-21/h1,3-4,7-12,14-17,24,29H,2,5-6,13,18-20H2. The SMILES string of the molecule is O=C1C=CC=C(OCc2ccccc2)C1C(C=CCc1noc2cccc(F)c12)N1CCCCC1. The Morgan fingerprint density at radius 2 is 1.94 bits per heavy atom. The van der Waals surface area contributed by atoms with Crippen LogP contribution in [0.2, 0.25) is 0 Å². The van der Waals surface area contributed by atoms with E-state index in [4.69, 9.17) is 9.26 Å². The van der Waals surface area contributed by atoms with E-state index in [1.54, 1.807) is 24.3 Å². The fourth-order valence-corrected chi connectivity index (χ4v) is 4.93. The largest absolute Gasteiger partial charge is 0.492 e. The molecule has 0 radical (unpaired) electrons. The summed E-state index contributed by atoms with van der Waals surface area (Å²) in [5.74, 6) is -0.0519. The summed E-state index contributed by atoms with van der Waals surface area (Å²) >= 11 is 0. The van der Waals surface area contributed by atoms with Crippen LogP contribution in [0, 0.1) is 11.7 Å². The van der Waals surface area contributed by atoms with Crippen LogP contribution in [0.4, 0.5) is 4.39 Å². The fraction of sp³-hybridized carbons (Fsp3) is 0.310. The number of carbonyl (C=O) groups excluding carboxylic acids is 1. The summed E-state index contributed by atoms with van der Waals surface area (Å²) in [5.41, 5.74) is 2.05. The van der Waals surface area contributed by atoms with E-state index in [0.29, 0.717) is 35.5 Å². The van der Waals surface area contributed by atoms with Gasteiger partial charge in [-0.2, -0.15) is 0 Å². The quantitative estimate of drug-likeness (QED) is 0.389. The summed E-state index contributed by atoms with van der Waals surface area (Å²) < 4.78 is 25.9. The third kappa shape index (κ3) is 5.28. The molecule has 2 aliphatic rings. The summed E-state index contributed by atoms with van der Waals surface area (Å²) in [7, 11) is 0. The number of hydrogen-bond acceptors (Lipinski definition) is 5. The number of piperidine rings is 1. The number of aromatic nitrogens is 1. The van der Waals surface area contributed by atoms with Crippen LogP contribution in [0.5, 0.6) is 0 Å². The number of rotatable bonds is 8. The van der Waals surface area contributed by atoms with Crippen molar-refractivity contribution in [3.05, 3.63) is 102 Å². The highest BCUT2D eigenvalue weighted by molar-refractivity contribution is 5.95. The van der Waals surface area contributed by atoms with Crippen LogP contribution in [0.25, 0.3) is 11.0 Å². The molecule has 0 saturated carbocycles. The minimum atomic E-state index is -0.427. The molecule has 1 aliphatic carbocycles. The summed E-state index contributed by atoms with van der Waals surface area (Å²) in [6.45, 7) is 2.26. The Bertz CT molecular complexity index is 1260. The van der Waals surface area contributed by atoms with E-state index in [-0.39, 0.29) is 17.6 Å². The molecule has 1 saturated heterocycles. The highest BCUT2D eigenvalue weighted by Gasteiger charge is 2.35. The number of nitrogens with zero attached hydrogens (tertiary/aromatic N) is 2. The average Bonchev–Trinajstić information content (AvgIpc) is 3.31. The van der Waals surface area contributed by atoms with Crippen LogP contribution in [0.15, 0.2) is 89.2 Å². The van der Waals surface area contributed by atoms with Crippen molar-refractivity contribution in [3.8, 4) is 0 Å². The predicted octanol–water partition coefficient (Wildman–Crippen LogP) is 5.78. The van der Waals surface area contributed by atoms with Gasteiger partial charge in [0.05, 0.1) is 17.0 Å². The molecule has 6 heteroatoms. The van der Waals surface area contributed by atoms with Crippen molar-refractivity contribution >= 4 is 16.8 Å². The number of ether oxygens (including phenoxy) is 1. The van der Waals surface area contributed by atoms with Gasteiger partial charge >= 0.3 is 0 Å². The third-order valence-electron chi connectivity index (χ3n) is 6.70. The van der Waals surface area contributed by atoms with E-state index in [1.807, 2.05) is 42.5 Å². The second-order valence-electron chi connectivity index (χ2n) is 9.04. The lowest BCUT2D eigenvalue weighted by Crippen LogP contribution is -2.46. The molecule has 0 amide bonds. The molecule has 5 nitrogen and oxygen atoms in total. The summed E-state index contributed by atoms with van der Waals surface area (Å²) in [6, 6.07) is 14.5. The number of ketones is 1. The zero-order valence-corrected chi connectivity index (χ0v) is 19.6. The van der Waals surface area contributed by atoms with Crippen molar-refractivity contribution in [2.75, 3.05) is 13.1 Å². The summed E-state index contributed by atoms with van der Waals surface area (Å²) in [6.07, 6.45) is 13.2. The molecular weight excluding hydrogens is 443 g/mol. The summed E-state index contributed by atoms with van der Waals surface area (Å²) in [4.78, 5) is 15.5. The molecule has 2 atom stereocenters. The first-order valence-electron chi connectivity index (χ1n) is 12.2. The van der Waals surface area contributed by atoms with Gasteiger partial charge in [0.1, 0.15) is 18.2 Å². The van der Waals surface area contributed by atoms with Crippen LogP contribution in [-0.2, 0) is 22.6 Å². The highest BCUT2D eigenvalue weighted by atomic mass is 19.1. The Hall–Kier alpha value is -3.51. The maximum atomic E-state index is 14.4. The second kappa shape index (κ2) is 10.8. The second-order valence-corrected chi connectivity index (χ2v) is 9.04. The van der Waals surface area contributed by atoms with Crippen molar-refractivity contribution in [2.45, 2.75) is 38.3 Å². The molecule has 2 aromatic carbocycles. The van der Waals surface area contributed by atoms with Crippen molar-refractivity contribution in [1.29, 1.82) is 0 Å². The van der Waals surface area contributed by atoms with Crippen LogP contribution in [0.1, 0.15) is 30.5 Å². The lowest BCUT2D eigenvalue weighted by atomic mass is 9.87. The van der Waals surface area contributed by atoms with Crippen molar-refractivity contribution in [3.63, 3.8) is 0 Å². The van der Waals surface area contributed by atoms with E-state index >= 15 is 0 Å². The van der Waals surface area contributed by atoms with Crippen molar-refractivity contribution in [1.82, 2.24) is 10.1 Å². The Labute approximate surface area is 204 Å². The minimum Gasteiger partial charge on any atom is -0.492 e. The number of halogens is 1. The number of likely N-dealkylation sites (tertiary alicyclic amines) is 1. The molecule has 1 aliphatic heterocycles. The smallest absolute Gasteiger partial charge is 0.170 e. The topological polar surface area (TPSA) is 55.6 Å². The molecule has 0 spiro atoms. The molecule has 1 aromatic heterocycles. The van der Waals surface area contributed by atoms with Crippen LogP contribution in [0.3, 0.4) is 0 Å². The predicted molar refractivity (Wildman–Crippen MR) is 133 cm³/mol. The number of carbonyl (C=O) groups is 1. The lowest BCUT2D eigenvalue weighted by Gasteiger charge is -2.38. The van der Waals surface area contributed by atoms with Gasteiger partial charge in [-0.3, -0.25) is 9.69 Å². The first-order chi connectivity index (χ1) is 17.2. The molecule has 0 N–H and O–H groups in total. The van der Waals surface area contributed by atoms with Gasteiger partial charge < -0.3 is 9.26 Å². The zero-order chi connectivity index (χ0) is 24.0. The minimum absolute atomic E-state index is 0.0358. The highest BCUT2D eigenvalue weighted by Crippen LogP contribution is 2.30. The Morgan fingerprint density at radius 1 is 1.11 bits per heavy atom. The van der Waals surface area contributed by atoms with Gasteiger partial charge in [0.25, 0.3) is 0 Å². The van der Waals surface area contributed by atoms with Gasteiger partial charge in [-0.1, -0.05) is 66.2 Å². The third-order valence-corrected chi connectivity index (χ3v) is 6.70. The molecule has 0 bridgehead atoms. The Kier molecular flexibility index (Phi) is 7.19. The maximum Gasteiger partial charge on any atom is 0.170 e. The molecule has 35 heavy (non-hydrogen) atoms. The first kappa shape index (κ1) is 23.2. The molecule has 2 heterocycles. The van der Waals surface area contributed by atoms with Crippen molar-refractivity contribution < 1.29 is 18.4 Å². The van der Waals surface area contributed by atoms with E-state index in [0.717, 1.165) is 31.5 Å². The van der Waals surface area contributed by atoms with Crippen LogP contribution >= 0.6 is 0 Å². The summed E-state index contributed by atoms with van der Waals surface area (Å²) in [5, 5.41) is 4.49. The van der Waals surface area contributed by atoms with Gasteiger partial charge in [0, 0.05) is 12.5 Å². The van der Waals surface area contributed by atoms with Gasteiger partial charge in [0.2, 0.25) is 0 Å². The normalized spacial score (nSPS) is 19.9. The molecule has 5 rings (SSSR count). The van der Waals surface area contributed by atoms with Crippen molar-refractivity contribution in [2.24, 2.45) is 5.92 Å². The van der Waals surface area contributed by atoms with E-state index in [2.05, 4.69) is 16.1 Å². The lowest BCUT2D eigenvalue weighted by molar-refractivity contribution is -0.120. The van der Waals surface area contributed by atoms with Gasteiger partial charge in [0.15, 0.2) is 11.4 Å². The molecular formula is C29H29FN2O3. The van der Waals surface area contributed by atoms with Gasteiger partial charge in [-0.25, -0.2) is 4.39 Å². The molecule has 3 aromatic rings. The number of fused-ring (bicyclic) bond motifs is 1. The number of allylic oxidation sites excluding steroid dienone is 4. The van der Waals surface area contributed by atoms with Gasteiger partial charge in [-0.05, 0) is 55.8 Å². The monoisotopic (exact) mass is 472 g/mol. The van der Waals surface area contributed by atoms with Crippen LogP contribution < -0.4 is 0 Å². The zero-order valence-electron chi connectivity index (χ0n) is 19.6. The van der Waals surface area contributed by atoms with Gasteiger partial charge in [-0.15, -0.1) is 0 Å². The van der Waals surface area contributed by atoms with E-state index < -0.39 is 5.92 Å². The Balaban J connectivity index is 1.39. The van der Waals surface area contributed by atoms with E-state index in [9.17, 15) is 9.18 Å². The molecule has 2 unspecified atom stereocenters. The Morgan fingerprint density at radius 3 is 2.77 bits per heavy atom.